The molecule has 1 saturated heterocycles. The van der Waals surface area contributed by atoms with Gasteiger partial charge < -0.3 is 21.2 Å². The molecular formula is C25H27FN8S2. The highest BCUT2D eigenvalue weighted by molar-refractivity contribution is 7.20. The minimum atomic E-state index is -0.379. The summed E-state index contributed by atoms with van der Waals surface area (Å²) in [7, 11) is 0. The summed E-state index contributed by atoms with van der Waals surface area (Å²) in [5.74, 6) is 0. The zero-order valence-electron chi connectivity index (χ0n) is 20.0. The van der Waals surface area contributed by atoms with Crippen LogP contribution in [0.3, 0.4) is 0 Å². The first-order valence-electron chi connectivity index (χ1n) is 11.7. The zero-order valence-corrected chi connectivity index (χ0v) is 21.6. The molecule has 36 heavy (non-hydrogen) atoms. The molecule has 0 atom stereocenters. The van der Waals surface area contributed by atoms with E-state index in [2.05, 4.69) is 66.9 Å². The number of aryl methyl sites for hydroxylation is 2. The molecule has 186 valence electrons. The van der Waals surface area contributed by atoms with E-state index in [0.29, 0.717) is 10.8 Å². The Balaban J connectivity index is 1.14. The summed E-state index contributed by atoms with van der Waals surface area (Å²) in [6.07, 6.45) is 3.70. The molecule has 0 amide bonds. The molecule has 1 aliphatic rings. The Labute approximate surface area is 217 Å². The highest BCUT2D eigenvalue weighted by Crippen LogP contribution is 2.32. The van der Waals surface area contributed by atoms with Gasteiger partial charge in [-0.25, -0.2) is 4.98 Å². The Morgan fingerprint density at radius 3 is 2.31 bits per heavy atom. The SMILES string of the molecule is Cc1cc(NNc2ccc(NNc3ccc(N4CCCC4)s3)cc2C)ccc1N=Nc1ncc(F)s1. The van der Waals surface area contributed by atoms with Crippen molar-refractivity contribution in [2.45, 2.75) is 26.7 Å². The van der Waals surface area contributed by atoms with Gasteiger partial charge in [-0.1, -0.05) is 22.7 Å². The van der Waals surface area contributed by atoms with Crippen molar-refractivity contribution in [2.75, 3.05) is 39.7 Å². The highest BCUT2D eigenvalue weighted by atomic mass is 32.1. The molecule has 0 spiro atoms. The number of rotatable bonds is 9. The molecule has 4 aromatic rings. The summed E-state index contributed by atoms with van der Waals surface area (Å²) >= 11 is 2.63. The number of benzene rings is 2. The molecule has 1 aliphatic heterocycles. The van der Waals surface area contributed by atoms with E-state index in [0.717, 1.165) is 63.8 Å². The van der Waals surface area contributed by atoms with Crippen LogP contribution in [0.1, 0.15) is 24.0 Å². The number of anilines is 5. The van der Waals surface area contributed by atoms with Gasteiger partial charge in [0, 0.05) is 13.1 Å². The zero-order chi connectivity index (χ0) is 24.9. The van der Waals surface area contributed by atoms with E-state index in [9.17, 15) is 4.39 Å². The molecule has 3 heterocycles. The second kappa shape index (κ2) is 10.9. The minimum Gasteiger partial charge on any atom is -0.363 e. The number of aromatic nitrogens is 1. The van der Waals surface area contributed by atoms with Gasteiger partial charge in [-0.3, -0.25) is 5.43 Å². The molecule has 5 rings (SSSR count). The Morgan fingerprint density at radius 2 is 1.58 bits per heavy atom. The van der Waals surface area contributed by atoms with Gasteiger partial charge in [-0.15, -0.1) is 10.2 Å². The molecule has 0 bridgehead atoms. The van der Waals surface area contributed by atoms with E-state index in [4.69, 9.17) is 0 Å². The molecule has 0 radical (unpaired) electrons. The van der Waals surface area contributed by atoms with Crippen molar-refractivity contribution >= 4 is 60.6 Å². The van der Waals surface area contributed by atoms with Crippen LogP contribution < -0.4 is 26.6 Å². The molecule has 4 N–H and O–H groups in total. The van der Waals surface area contributed by atoms with Crippen LogP contribution in [-0.2, 0) is 0 Å². The van der Waals surface area contributed by atoms with Crippen LogP contribution in [0, 0.1) is 19.0 Å². The molecule has 1 fully saturated rings. The van der Waals surface area contributed by atoms with Crippen molar-refractivity contribution in [3.05, 3.63) is 71.0 Å². The average molecular weight is 523 g/mol. The fourth-order valence-electron chi connectivity index (χ4n) is 3.89. The van der Waals surface area contributed by atoms with Crippen molar-refractivity contribution in [3.8, 4) is 0 Å². The Morgan fingerprint density at radius 1 is 0.833 bits per heavy atom. The van der Waals surface area contributed by atoms with Gasteiger partial charge in [0.25, 0.3) is 0 Å². The monoisotopic (exact) mass is 522 g/mol. The number of nitrogens with one attached hydrogen (secondary N) is 4. The minimum absolute atomic E-state index is 0.293. The van der Waals surface area contributed by atoms with Gasteiger partial charge >= 0.3 is 0 Å². The first kappa shape index (κ1) is 24.0. The first-order valence-corrected chi connectivity index (χ1v) is 13.3. The van der Waals surface area contributed by atoms with Crippen molar-refractivity contribution in [3.63, 3.8) is 0 Å². The summed E-state index contributed by atoms with van der Waals surface area (Å²) in [5, 5.41) is 10.5. The molecule has 8 nitrogen and oxygen atoms in total. The second-order valence-electron chi connectivity index (χ2n) is 8.51. The van der Waals surface area contributed by atoms with Gasteiger partial charge in [-0.2, -0.15) is 4.39 Å². The van der Waals surface area contributed by atoms with Crippen LogP contribution in [-0.4, -0.2) is 18.1 Å². The number of hydrogen-bond acceptors (Lipinski definition) is 10. The molecule has 2 aromatic heterocycles. The largest absolute Gasteiger partial charge is 0.363 e. The number of azo groups is 1. The standard InChI is InChI=1S/C25H27FN8S2/c1-16-14-19(29-32-23-9-10-24(36-23)34-11-3-4-12-34)6-7-20(16)30-28-18-5-8-21(17(2)13-18)31-33-25-27-15-22(26)35-25/h5-10,13-15,28-30,32H,3-4,11-12H2,1-2H3. The Bertz CT molecular complexity index is 1360. The van der Waals surface area contributed by atoms with Gasteiger partial charge in [0.2, 0.25) is 5.13 Å². The van der Waals surface area contributed by atoms with Gasteiger partial charge in [0.1, 0.15) is 5.00 Å². The fourth-order valence-corrected chi connectivity index (χ4v) is 5.27. The Hall–Kier alpha value is -3.70. The average Bonchev–Trinajstić information content (AvgIpc) is 3.64. The maximum absolute atomic E-state index is 13.1. The number of thiophene rings is 1. The number of hydrogen-bond donors (Lipinski definition) is 4. The summed E-state index contributed by atoms with van der Waals surface area (Å²) in [5.41, 5.74) is 18.7. The van der Waals surface area contributed by atoms with Crippen LogP contribution in [0.2, 0.25) is 0 Å². The second-order valence-corrected chi connectivity index (χ2v) is 10.5. The summed E-state index contributed by atoms with van der Waals surface area (Å²) in [6, 6.07) is 16.2. The van der Waals surface area contributed by atoms with Crippen molar-refractivity contribution in [1.29, 1.82) is 0 Å². The van der Waals surface area contributed by atoms with Crippen molar-refractivity contribution < 1.29 is 4.39 Å². The number of hydrazine groups is 2. The van der Waals surface area contributed by atoms with Crippen LogP contribution in [0.4, 0.5) is 42.3 Å². The van der Waals surface area contributed by atoms with Crippen LogP contribution in [0.5, 0.6) is 0 Å². The van der Waals surface area contributed by atoms with E-state index in [1.54, 1.807) is 11.3 Å². The lowest BCUT2D eigenvalue weighted by molar-refractivity contribution is 0.653. The molecule has 0 saturated carbocycles. The predicted octanol–water partition coefficient (Wildman–Crippen LogP) is 7.85. The lowest BCUT2D eigenvalue weighted by Crippen LogP contribution is -2.15. The number of nitrogens with zero attached hydrogens (tertiary/aromatic N) is 4. The number of thiazole rings is 1. The van der Waals surface area contributed by atoms with E-state index in [1.165, 1.54) is 17.8 Å². The molecule has 2 aromatic carbocycles. The maximum atomic E-state index is 13.1. The number of halogens is 1. The normalized spacial score (nSPS) is 13.4. The van der Waals surface area contributed by atoms with Crippen molar-refractivity contribution in [2.24, 2.45) is 10.2 Å². The lowest BCUT2D eigenvalue weighted by Gasteiger charge is -2.15. The van der Waals surface area contributed by atoms with Crippen LogP contribution >= 0.6 is 22.7 Å². The summed E-state index contributed by atoms with van der Waals surface area (Å²) < 4.78 is 13.1. The van der Waals surface area contributed by atoms with E-state index in [-0.39, 0.29) is 5.13 Å². The lowest BCUT2D eigenvalue weighted by atomic mass is 10.2. The maximum Gasteiger partial charge on any atom is 0.232 e. The van der Waals surface area contributed by atoms with E-state index >= 15 is 0 Å². The third kappa shape index (κ3) is 5.92. The molecule has 0 unspecified atom stereocenters. The quantitative estimate of drug-likeness (QED) is 0.132. The first-order chi connectivity index (χ1) is 17.5. The summed E-state index contributed by atoms with van der Waals surface area (Å²) in [6.45, 7) is 6.31. The van der Waals surface area contributed by atoms with Crippen molar-refractivity contribution in [1.82, 2.24) is 4.98 Å². The third-order valence-electron chi connectivity index (χ3n) is 5.81. The fraction of sp³-hybridized carbons (Fsp3) is 0.240. The molecule has 0 aliphatic carbocycles. The molecule has 11 heteroatoms. The topological polar surface area (TPSA) is 89.0 Å². The van der Waals surface area contributed by atoms with Crippen LogP contribution in [0.25, 0.3) is 0 Å². The van der Waals surface area contributed by atoms with Gasteiger partial charge in [0.05, 0.1) is 33.9 Å². The molecular weight excluding hydrogens is 495 g/mol. The van der Waals surface area contributed by atoms with Crippen LogP contribution in [0.15, 0.2) is 65.0 Å². The van der Waals surface area contributed by atoms with E-state index < -0.39 is 0 Å². The van der Waals surface area contributed by atoms with E-state index in [1.807, 2.05) is 37.3 Å². The van der Waals surface area contributed by atoms with Gasteiger partial charge in [0.15, 0.2) is 5.13 Å². The third-order valence-corrected chi connectivity index (χ3v) is 7.54. The summed E-state index contributed by atoms with van der Waals surface area (Å²) in [4.78, 5) is 6.29. The predicted molar refractivity (Wildman–Crippen MR) is 149 cm³/mol. The van der Waals surface area contributed by atoms with Gasteiger partial charge in [-0.05, 0) is 86.3 Å². The highest BCUT2D eigenvalue weighted by Gasteiger charge is 2.14. The smallest absolute Gasteiger partial charge is 0.232 e. The Kier molecular flexibility index (Phi) is 7.28.